The van der Waals surface area contributed by atoms with Crippen LogP contribution in [0.4, 0.5) is 0 Å². The maximum Gasteiger partial charge on any atom is 0.309 e. The van der Waals surface area contributed by atoms with Crippen molar-refractivity contribution in [2.24, 2.45) is 11.8 Å². The van der Waals surface area contributed by atoms with Crippen LogP contribution < -0.4 is 14.2 Å². The third-order valence-corrected chi connectivity index (χ3v) is 5.49. The number of esters is 1. The van der Waals surface area contributed by atoms with Crippen molar-refractivity contribution in [3.8, 4) is 23.0 Å². The first kappa shape index (κ1) is 21.8. The maximum absolute atomic E-state index is 12.4. The van der Waals surface area contributed by atoms with E-state index in [1.807, 2.05) is 30.3 Å². The molecule has 0 aliphatic carbocycles. The molecule has 6 nitrogen and oxygen atoms in total. The van der Waals surface area contributed by atoms with Gasteiger partial charge in [0.15, 0.2) is 23.0 Å². The molecule has 30 heavy (non-hydrogen) atoms. The van der Waals surface area contributed by atoms with E-state index in [2.05, 4.69) is 6.92 Å². The highest BCUT2D eigenvalue weighted by Gasteiger charge is 2.37. The number of hydrogen-bond acceptors (Lipinski definition) is 6. The molecule has 0 unspecified atom stereocenters. The molecule has 0 radical (unpaired) electrons. The average molecular weight is 414 g/mol. The van der Waals surface area contributed by atoms with Crippen molar-refractivity contribution in [1.29, 1.82) is 0 Å². The number of methoxy groups -OCH3 is 2. The Morgan fingerprint density at radius 3 is 2.43 bits per heavy atom. The van der Waals surface area contributed by atoms with Crippen molar-refractivity contribution >= 4 is 5.97 Å². The van der Waals surface area contributed by atoms with Gasteiger partial charge in [-0.25, -0.2) is 0 Å². The summed E-state index contributed by atoms with van der Waals surface area (Å²) in [5, 5.41) is 10.0. The maximum atomic E-state index is 12.4. The second-order valence-corrected chi connectivity index (χ2v) is 7.60. The van der Waals surface area contributed by atoms with Crippen LogP contribution in [0.2, 0.25) is 0 Å². The molecule has 2 aromatic rings. The van der Waals surface area contributed by atoms with E-state index in [1.165, 1.54) is 0 Å². The van der Waals surface area contributed by atoms with E-state index in [1.54, 1.807) is 20.3 Å². The van der Waals surface area contributed by atoms with Crippen molar-refractivity contribution < 1.29 is 28.8 Å². The van der Waals surface area contributed by atoms with Crippen LogP contribution in [0.5, 0.6) is 23.0 Å². The molecule has 1 N–H and O–H groups in total. The number of unbranched alkanes of at least 4 members (excludes halogenated alkanes) is 1. The van der Waals surface area contributed by atoms with Crippen LogP contribution in [0.3, 0.4) is 0 Å². The number of ether oxygens (including phenoxy) is 4. The van der Waals surface area contributed by atoms with E-state index in [0.717, 1.165) is 24.0 Å². The average Bonchev–Trinajstić information content (AvgIpc) is 3.09. The molecule has 0 saturated carbocycles. The van der Waals surface area contributed by atoms with Crippen LogP contribution in [0.25, 0.3) is 0 Å². The number of aromatic hydroxyl groups is 1. The minimum atomic E-state index is -0.244. The van der Waals surface area contributed by atoms with Crippen molar-refractivity contribution in [1.82, 2.24) is 0 Å². The van der Waals surface area contributed by atoms with Gasteiger partial charge in [0.1, 0.15) is 0 Å². The first-order valence-corrected chi connectivity index (χ1v) is 10.4. The lowest BCUT2D eigenvalue weighted by Gasteiger charge is -2.17. The lowest BCUT2D eigenvalue weighted by molar-refractivity contribution is -0.141. The smallest absolute Gasteiger partial charge is 0.309 e. The van der Waals surface area contributed by atoms with Crippen molar-refractivity contribution in [3.63, 3.8) is 0 Å². The van der Waals surface area contributed by atoms with E-state index in [9.17, 15) is 9.90 Å². The normalized spacial score (nSPS) is 18.2. The molecule has 6 heteroatoms. The summed E-state index contributed by atoms with van der Waals surface area (Å²) in [6.45, 7) is 3.04. The van der Waals surface area contributed by atoms with Crippen LogP contribution in [-0.2, 0) is 22.4 Å². The third-order valence-electron chi connectivity index (χ3n) is 5.49. The van der Waals surface area contributed by atoms with Crippen molar-refractivity contribution in [3.05, 3.63) is 47.5 Å². The molecule has 2 aromatic carbocycles. The van der Waals surface area contributed by atoms with E-state index in [-0.39, 0.29) is 23.6 Å². The van der Waals surface area contributed by atoms with Crippen LogP contribution in [-0.4, -0.2) is 38.5 Å². The molecule has 1 aliphatic heterocycles. The fourth-order valence-electron chi connectivity index (χ4n) is 3.75. The summed E-state index contributed by atoms with van der Waals surface area (Å²) in [5.41, 5.74) is 2.01. The highest BCUT2D eigenvalue weighted by Crippen LogP contribution is 2.34. The molecular formula is C24H30O6. The molecule has 0 spiro atoms. The van der Waals surface area contributed by atoms with Gasteiger partial charge in [0, 0.05) is 5.92 Å². The zero-order valence-electron chi connectivity index (χ0n) is 17.8. The van der Waals surface area contributed by atoms with Gasteiger partial charge in [0.05, 0.1) is 33.4 Å². The van der Waals surface area contributed by atoms with E-state index in [0.29, 0.717) is 43.3 Å². The summed E-state index contributed by atoms with van der Waals surface area (Å²) in [5.74, 6) is 1.57. The fraction of sp³-hybridized carbons (Fsp3) is 0.458. The minimum absolute atomic E-state index is 0.0638. The number of carbonyl (C=O) groups excluding carboxylic acids is 1. The Morgan fingerprint density at radius 2 is 1.70 bits per heavy atom. The van der Waals surface area contributed by atoms with Crippen LogP contribution in [0.1, 0.15) is 30.9 Å². The molecule has 0 bridgehead atoms. The minimum Gasteiger partial charge on any atom is -0.504 e. The molecule has 162 valence electrons. The third kappa shape index (κ3) is 5.17. The predicted octanol–water partition coefficient (Wildman–Crippen LogP) is 4.16. The van der Waals surface area contributed by atoms with Gasteiger partial charge in [-0.3, -0.25) is 4.79 Å². The first-order valence-electron chi connectivity index (χ1n) is 10.4. The number of rotatable bonds is 10. The molecule has 2 atom stereocenters. The van der Waals surface area contributed by atoms with Gasteiger partial charge in [0.25, 0.3) is 0 Å². The lowest BCUT2D eigenvalue weighted by Crippen LogP contribution is -2.20. The highest BCUT2D eigenvalue weighted by molar-refractivity contribution is 5.75. The number of cyclic esters (lactones) is 1. The molecule has 1 fully saturated rings. The Balaban J connectivity index is 1.72. The Bertz CT molecular complexity index is 863. The fourth-order valence-corrected chi connectivity index (χ4v) is 3.75. The highest BCUT2D eigenvalue weighted by atomic mass is 16.5. The Kier molecular flexibility index (Phi) is 7.44. The number of carbonyl (C=O) groups is 1. The summed E-state index contributed by atoms with van der Waals surface area (Å²) in [6.07, 6.45) is 3.19. The molecule has 0 amide bonds. The number of hydrogen-bond donors (Lipinski definition) is 1. The molecule has 1 heterocycles. The van der Waals surface area contributed by atoms with Crippen molar-refractivity contribution in [2.45, 2.75) is 32.6 Å². The second-order valence-electron chi connectivity index (χ2n) is 7.60. The van der Waals surface area contributed by atoms with Gasteiger partial charge in [-0.2, -0.15) is 0 Å². The number of phenolic OH excluding ortho intramolecular Hbond substituents is 1. The molecular weight excluding hydrogens is 384 g/mol. The van der Waals surface area contributed by atoms with Gasteiger partial charge in [-0.1, -0.05) is 25.5 Å². The van der Waals surface area contributed by atoms with Crippen LogP contribution in [0.15, 0.2) is 36.4 Å². The Morgan fingerprint density at radius 1 is 1.00 bits per heavy atom. The Labute approximate surface area is 177 Å². The summed E-state index contributed by atoms with van der Waals surface area (Å²) >= 11 is 0. The van der Waals surface area contributed by atoms with Crippen LogP contribution in [0, 0.1) is 11.8 Å². The monoisotopic (exact) mass is 414 g/mol. The van der Waals surface area contributed by atoms with Gasteiger partial charge in [-0.05, 0) is 54.7 Å². The summed E-state index contributed by atoms with van der Waals surface area (Å²) in [7, 11) is 3.21. The predicted molar refractivity (Wildman–Crippen MR) is 113 cm³/mol. The lowest BCUT2D eigenvalue weighted by atomic mass is 9.85. The van der Waals surface area contributed by atoms with Crippen molar-refractivity contribution in [2.75, 3.05) is 27.4 Å². The van der Waals surface area contributed by atoms with E-state index < -0.39 is 0 Å². The molecule has 0 aromatic heterocycles. The Hall–Kier alpha value is -2.89. The quantitative estimate of drug-likeness (QED) is 0.465. The topological polar surface area (TPSA) is 74.2 Å². The summed E-state index contributed by atoms with van der Waals surface area (Å²) in [4.78, 5) is 12.4. The summed E-state index contributed by atoms with van der Waals surface area (Å²) in [6, 6.07) is 11.1. The van der Waals surface area contributed by atoms with Gasteiger partial charge < -0.3 is 24.1 Å². The second kappa shape index (κ2) is 10.2. The standard InChI is InChI=1S/C24H30O6/c1-4-5-10-29-22-13-17(6-8-20(22)25)12-19-18(15-30-24(19)26)11-16-7-9-21(27-2)23(14-16)28-3/h6-9,13-14,18-19,25H,4-5,10-12,15H2,1-3H3/t18-,19+/m0/s1. The number of benzene rings is 2. The summed E-state index contributed by atoms with van der Waals surface area (Å²) < 4.78 is 21.8. The SMILES string of the molecule is CCCCOc1cc(C[C@H]2C(=O)OC[C@@H]2Cc2ccc(OC)c(OC)c2)ccc1O. The zero-order chi connectivity index (χ0) is 21.5. The molecule has 1 saturated heterocycles. The van der Waals surface area contributed by atoms with Gasteiger partial charge in [0.2, 0.25) is 0 Å². The molecule has 3 rings (SSSR count). The van der Waals surface area contributed by atoms with E-state index in [4.69, 9.17) is 18.9 Å². The number of phenols is 1. The van der Waals surface area contributed by atoms with Gasteiger partial charge in [-0.15, -0.1) is 0 Å². The first-order chi connectivity index (χ1) is 14.5. The zero-order valence-corrected chi connectivity index (χ0v) is 17.8. The van der Waals surface area contributed by atoms with E-state index >= 15 is 0 Å². The largest absolute Gasteiger partial charge is 0.504 e. The van der Waals surface area contributed by atoms with Crippen LogP contribution >= 0.6 is 0 Å². The molecule has 1 aliphatic rings. The van der Waals surface area contributed by atoms with Gasteiger partial charge >= 0.3 is 5.97 Å².